The number of halogens is 3. The summed E-state index contributed by atoms with van der Waals surface area (Å²) in [4.78, 5) is 0. The Morgan fingerprint density at radius 1 is 1.00 bits per heavy atom. The minimum Gasteiger partial charge on any atom is -0.458 e. The van der Waals surface area contributed by atoms with Crippen LogP contribution >= 0.6 is 37.2 Å². The molecule has 2 aromatic heterocycles. The first kappa shape index (κ1) is 16.8. The van der Waals surface area contributed by atoms with Crippen molar-refractivity contribution >= 4 is 48.0 Å². The van der Waals surface area contributed by atoms with Gasteiger partial charge in [0.25, 0.3) is 5.89 Å². The van der Waals surface area contributed by atoms with E-state index in [1.807, 2.05) is 24.3 Å². The van der Waals surface area contributed by atoms with Crippen LogP contribution in [-0.2, 0) is 0 Å². The van der Waals surface area contributed by atoms with Gasteiger partial charge in [0.2, 0.25) is 5.89 Å². The maximum atomic E-state index is 5.42. The summed E-state index contributed by atoms with van der Waals surface area (Å²) in [5.41, 5.74) is 0. The third-order valence-electron chi connectivity index (χ3n) is 2.23. The Bertz CT molecular complexity index is 621. The molecule has 0 saturated carbocycles. The van der Waals surface area contributed by atoms with Gasteiger partial charge in [0.15, 0.2) is 5.76 Å². The van der Waals surface area contributed by atoms with Crippen molar-refractivity contribution in [2.45, 2.75) is 6.92 Å². The average molecular weight is 310 g/mol. The quantitative estimate of drug-likeness (QED) is 0.680. The summed E-state index contributed by atoms with van der Waals surface area (Å²) < 4.78 is 10.7. The number of rotatable bonds is 1. The Labute approximate surface area is 122 Å². The van der Waals surface area contributed by atoms with Crippen LogP contribution < -0.4 is 0 Å². The van der Waals surface area contributed by atoms with Crippen LogP contribution in [0.4, 0.5) is 0 Å². The van der Waals surface area contributed by atoms with E-state index >= 15 is 0 Å². The number of nitrogens with zero attached hydrogens (tertiary/aromatic N) is 2. The number of fused-ring (bicyclic) bond motifs is 1. The van der Waals surface area contributed by atoms with Gasteiger partial charge in [0.1, 0.15) is 0 Å². The number of hydrogen-bond donors (Lipinski definition) is 0. The molecule has 0 atom stereocenters. The average Bonchev–Trinajstić information content (AvgIpc) is 2.83. The Balaban J connectivity index is 0.000000963. The number of aromatic nitrogens is 2. The fraction of sp³-hybridized carbons (Fsp3) is 0.0909. The first-order valence-corrected chi connectivity index (χ1v) is 4.61. The minimum atomic E-state index is 0. The summed E-state index contributed by atoms with van der Waals surface area (Å²) in [6.45, 7) is 1.75. The summed E-state index contributed by atoms with van der Waals surface area (Å²) in [6.07, 6.45) is 1.68. The van der Waals surface area contributed by atoms with Crippen molar-refractivity contribution in [3.8, 4) is 11.7 Å². The van der Waals surface area contributed by atoms with E-state index in [9.17, 15) is 0 Å². The molecule has 0 N–H and O–H groups in total. The summed E-state index contributed by atoms with van der Waals surface area (Å²) in [7, 11) is 0. The van der Waals surface area contributed by atoms with Crippen LogP contribution in [0.3, 0.4) is 0 Å². The molecule has 0 aliphatic rings. The molecular weight excluding hydrogens is 298 g/mol. The van der Waals surface area contributed by atoms with E-state index in [1.165, 1.54) is 0 Å². The highest BCUT2D eigenvalue weighted by Crippen LogP contribution is 2.29. The molecule has 0 saturated heterocycles. The molecule has 0 amide bonds. The minimum absolute atomic E-state index is 0. The molecule has 0 bridgehead atoms. The molecule has 98 valence electrons. The summed E-state index contributed by atoms with van der Waals surface area (Å²) in [5.74, 6) is 1.59. The molecular formula is C11H11Cl3N2O2. The van der Waals surface area contributed by atoms with Gasteiger partial charge in [0, 0.05) is 17.7 Å². The highest BCUT2D eigenvalue weighted by molar-refractivity contribution is 5.92. The topological polar surface area (TPSA) is 52.1 Å². The maximum Gasteiger partial charge on any atom is 0.284 e. The zero-order valence-electron chi connectivity index (χ0n) is 9.32. The zero-order chi connectivity index (χ0) is 10.3. The molecule has 0 unspecified atom stereocenters. The van der Waals surface area contributed by atoms with Crippen LogP contribution in [0.5, 0.6) is 0 Å². The van der Waals surface area contributed by atoms with Crippen LogP contribution in [-0.4, -0.2) is 10.2 Å². The van der Waals surface area contributed by atoms with E-state index in [-0.39, 0.29) is 37.2 Å². The molecule has 1 aromatic carbocycles. The van der Waals surface area contributed by atoms with Crippen LogP contribution in [0.15, 0.2) is 39.4 Å². The van der Waals surface area contributed by atoms with E-state index in [2.05, 4.69) is 10.2 Å². The van der Waals surface area contributed by atoms with E-state index in [0.717, 1.165) is 10.8 Å². The van der Waals surface area contributed by atoms with Crippen LogP contribution in [0.2, 0.25) is 0 Å². The molecule has 2 heterocycles. The van der Waals surface area contributed by atoms with Gasteiger partial charge in [-0.1, -0.05) is 24.3 Å². The standard InChI is InChI=1S/C11H8N2O2.3ClH/c1-7-12-13-11(15-7)10-9-5-3-2-4-8(9)6-14-10;;;/h2-6H,1H3;3*1H. The third-order valence-corrected chi connectivity index (χ3v) is 2.23. The Hall–Kier alpha value is -1.23. The van der Waals surface area contributed by atoms with Gasteiger partial charge in [-0.15, -0.1) is 47.4 Å². The van der Waals surface area contributed by atoms with E-state index < -0.39 is 0 Å². The molecule has 0 aliphatic carbocycles. The monoisotopic (exact) mass is 308 g/mol. The molecule has 0 aliphatic heterocycles. The van der Waals surface area contributed by atoms with E-state index in [4.69, 9.17) is 8.83 Å². The van der Waals surface area contributed by atoms with Crippen molar-refractivity contribution in [3.63, 3.8) is 0 Å². The van der Waals surface area contributed by atoms with Crippen molar-refractivity contribution in [1.29, 1.82) is 0 Å². The Morgan fingerprint density at radius 2 is 1.72 bits per heavy atom. The lowest BCUT2D eigenvalue weighted by Crippen LogP contribution is -1.74. The fourth-order valence-corrected chi connectivity index (χ4v) is 1.55. The molecule has 0 radical (unpaired) electrons. The second-order valence-electron chi connectivity index (χ2n) is 3.28. The third kappa shape index (κ3) is 2.77. The molecule has 0 fully saturated rings. The van der Waals surface area contributed by atoms with Gasteiger partial charge in [-0.3, -0.25) is 0 Å². The molecule has 3 rings (SSSR count). The molecule has 3 aromatic rings. The van der Waals surface area contributed by atoms with Crippen LogP contribution in [0.1, 0.15) is 5.89 Å². The second kappa shape index (κ2) is 6.64. The lowest BCUT2D eigenvalue weighted by atomic mass is 10.2. The normalized spacial score (nSPS) is 9.17. The predicted octanol–water partition coefficient (Wildman–Crippen LogP) is 4.06. The van der Waals surface area contributed by atoms with Gasteiger partial charge in [-0.25, -0.2) is 0 Å². The summed E-state index contributed by atoms with van der Waals surface area (Å²) >= 11 is 0. The van der Waals surface area contributed by atoms with Gasteiger partial charge < -0.3 is 8.83 Å². The Morgan fingerprint density at radius 3 is 2.39 bits per heavy atom. The van der Waals surface area contributed by atoms with Crippen LogP contribution in [0.25, 0.3) is 22.4 Å². The second-order valence-corrected chi connectivity index (χ2v) is 3.28. The van der Waals surface area contributed by atoms with E-state index in [1.54, 1.807) is 13.2 Å². The highest BCUT2D eigenvalue weighted by Gasteiger charge is 2.13. The van der Waals surface area contributed by atoms with E-state index in [0.29, 0.717) is 17.5 Å². The Kier molecular flexibility index (Phi) is 6.18. The number of benzene rings is 1. The van der Waals surface area contributed by atoms with Gasteiger partial charge in [0.05, 0.1) is 6.26 Å². The number of furan rings is 1. The lowest BCUT2D eigenvalue weighted by molar-refractivity contribution is 0.499. The number of hydrogen-bond acceptors (Lipinski definition) is 4. The summed E-state index contributed by atoms with van der Waals surface area (Å²) in [6, 6.07) is 7.85. The van der Waals surface area contributed by atoms with Gasteiger partial charge in [-0.05, 0) is 0 Å². The van der Waals surface area contributed by atoms with Crippen molar-refractivity contribution in [1.82, 2.24) is 10.2 Å². The SMILES string of the molecule is Cc1nnc(-c2occ3ccccc23)o1.Cl.Cl.Cl. The summed E-state index contributed by atoms with van der Waals surface area (Å²) in [5, 5.41) is 9.72. The molecule has 4 nitrogen and oxygen atoms in total. The van der Waals surface area contributed by atoms with Crippen molar-refractivity contribution in [3.05, 3.63) is 36.4 Å². The molecule has 18 heavy (non-hydrogen) atoms. The molecule has 0 spiro atoms. The maximum absolute atomic E-state index is 5.42. The van der Waals surface area contributed by atoms with Crippen molar-refractivity contribution < 1.29 is 8.83 Å². The first-order valence-electron chi connectivity index (χ1n) is 4.61. The van der Waals surface area contributed by atoms with Crippen molar-refractivity contribution in [2.24, 2.45) is 0 Å². The zero-order valence-corrected chi connectivity index (χ0v) is 11.8. The van der Waals surface area contributed by atoms with Crippen molar-refractivity contribution in [2.75, 3.05) is 0 Å². The largest absolute Gasteiger partial charge is 0.458 e. The molecule has 7 heteroatoms. The fourth-order valence-electron chi connectivity index (χ4n) is 1.55. The van der Waals surface area contributed by atoms with Gasteiger partial charge in [-0.2, -0.15) is 0 Å². The highest BCUT2D eigenvalue weighted by atomic mass is 35.5. The number of aryl methyl sites for hydroxylation is 1. The smallest absolute Gasteiger partial charge is 0.284 e. The van der Waals surface area contributed by atoms with Gasteiger partial charge >= 0.3 is 0 Å². The predicted molar refractivity (Wildman–Crippen MR) is 76.0 cm³/mol. The van der Waals surface area contributed by atoms with Crippen LogP contribution in [0, 0.1) is 6.92 Å². The first-order chi connectivity index (χ1) is 7.34. The lowest BCUT2D eigenvalue weighted by Gasteiger charge is -1.89.